The van der Waals surface area contributed by atoms with Crippen LogP contribution in [0.5, 0.6) is 0 Å². The molecule has 9 unspecified atom stereocenters. The Morgan fingerprint density at radius 1 is 0.676 bits per heavy atom. The van der Waals surface area contributed by atoms with E-state index in [1.807, 2.05) is 0 Å². The van der Waals surface area contributed by atoms with Gasteiger partial charge in [-0.2, -0.15) is 0 Å². The van der Waals surface area contributed by atoms with E-state index in [4.69, 9.17) is 8.85 Å². The SMILES string of the molecule is CC[Si](CC)(CC)OC1CCC2(C)C(CCC3C2CCC2(C)C(C(C)O[Si](CC)(CC)CC)CCC32)C1. The number of hydrogen-bond donors (Lipinski definition) is 0. The highest BCUT2D eigenvalue weighted by Gasteiger charge is 2.61. The summed E-state index contributed by atoms with van der Waals surface area (Å²) in [4.78, 5) is 0. The summed E-state index contributed by atoms with van der Waals surface area (Å²) in [6.45, 7) is 22.3. The Morgan fingerprint density at radius 2 is 1.24 bits per heavy atom. The van der Waals surface area contributed by atoms with Crippen molar-refractivity contribution in [2.75, 3.05) is 0 Å². The van der Waals surface area contributed by atoms with E-state index >= 15 is 0 Å². The zero-order valence-electron chi connectivity index (χ0n) is 26.5. The Labute approximate surface area is 234 Å². The summed E-state index contributed by atoms with van der Waals surface area (Å²) in [6, 6.07) is 7.74. The molecule has 37 heavy (non-hydrogen) atoms. The number of rotatable bonds is 11. The molecule has 4 rings (SSSR count). The molecule has 2 nitrogen and oxygen atoms in total. The van der Waals surface area contributed by atoms with Crippen molar-refractivity contribution in [2.45, 2.75) is 169 Å². The molecule has 0 aliphatic heterocycles. The van der Waals surface area contributed by atoms with E-state index in [0.29, 0.717) is 23.0 Å². The smallest absolute Gasteiger partial charge is 0.192 e. The molecule has 4 aliphatic rings. The first-order chi connectivity index (χ1) is 17.6. The van der Waals surface area contributed by atoms with E-state index in [-0.39, 0.29) is 0 Å². The maximum Gasteiger partial charge on any atom is 0.192 e. The fourth-order valence-corrected chi connectivity index (χ4v) is 16.8. The number of hydrogen-bond acceptors (Lipinski definition) is 2. The Balaban J connectivity index is 1.45. The van der Waals surface area contributed by atoms with Gasteiger partial charge < -0.3 is 8.85 Å². The molecule has 0 radical (unpaired) electrons. The highest BCUT2D eigenvalue weighted by atomic mass is 28.4. The van der Waals surface area contributed by atoms with Gasteiger partial charge in [-0.15, -0.1) is 0 Å². The van der Waals surface area contributed by atoms with Crippen molar-refractivity contribution < 1.29 is 8.85 Å². The summed E-state index contributed by atoms with van der Waals surface area (Å²) in [6.07, 6.45) is 13.9. The molecule has 0 aromatic rings. The average Bonchev–Trinajstić information content (AvgIpc) is 3.28. The summed E-state index contributed by atoms with van der Waals surface area (Å²) in [5.74, 6) is 4.55. The van der Waals surface area contributed by atoms with Gasteiger partial charge in [0.15, 0.2) is 16.6 Å². The summed E-state index contributed by atoms with van der Waals surface area (Å²) in [5.41, 5.74) is 1.07. The molecule has 0 N–H and O–H groups in total. The van der Waals surface area contributed by atoms with Crippen molar-refractivity contribution in [2.24, 2.45) is 40.4 Å². The molecule has 0 saturated heterocycles. The van der Waals surface area contributed by atoms with Crippen molar-refractivity contribution in [3.8, 4) is 0 Å². The van der Waals surface area contributed by atoms with Crippen LogP contribution in [0.3, 0.4) is 0 Å². The van der Waals surface area contributed by atoms with Gasteiger partial charge in [0.2, 0.25) is 0 Å². The average molecular weight is 549 g/mol. The first-order valence-corrected chi connectivity index (χ1v) is 22.0. The predicted octanol–water partition coefficient (Wildman–Crippen LogP) is 10.4. The minimum absolute atomic E-state index is 0.456. The second-order valence-electron chi connectivity index (χ2n) is 14.7. The molecule has 0 bridgehead atoms. The van der Waals surface area contributed by atoms with Crippen LogP contribution in [0.25, 0.3) is 0 Å². The van der Waals surface area contributed by atoms with E-state index in [0.717, 1.165) is 29.6 Å². The predicted molar refractivity (Wildman–Crippen MR) is 165 cm³/mol. The summed E-state index contributed by atoms with van der Waals surface area (Å²) in [7, 11) is -3.05. The van der Waals surface area contributed by atoms with Crippen molar-refractivity contribution in [3.63, 3.8) is 0 Å². The Kier molecular flexibility index (Phi) is 9.58. The van der Waals surface area contributed by atoms with E-state index in [1.165, 1.54) is 94.1 Å². The zero-order valence-corrected chi connectivity index (χ0v) is 28.5. The van der Waals surface area contributed by atoms with Crippen LogP contribution in [0, 0.1) is 40.4 Å². The third kappa shape index (κ3) is 5.26. The molecule has 0 spiro atoms. The molecular formula is C33H64O2Si2. The van der Waals surface area contributed by atoms with E-state index < -0.39 is 16.6 Å². The number of fused-ring (bicyclic) bond motifs is 5. The van der Waals surface area contributed by atoms with Crippen LogP contribution >= 0.6 is 0 Å². The highest BCUT2D eigenvalue weighted by Crippen LogP contribution is 2.68. The minimum atomic E-state index is -1.55. The molecule has 9 atom stereocenters. The standard InChI is InChI=1S/C33H64O2Si2/c1-10-36(11-2,12-3)34-25(7)29-18-19-30-28-17-16-26-24-27(35-37(13-4,14-5)15-6)20-22-32(26,8)31(28)21-23-33(29,30)9/h25-31H,10-24H2,1-9H3. The van der Waals surface area contributed by atoms with Crippen LogP contribution in [-0.2, 0) is 8.85 Å². The van der Waals surface area contributed by atoms with Crippen molar-refractivity contribution >= 4 is 16.6 Å². The first-order valence-electron chi connectivity index (χ1n) is 16.9. The maximum absolute atomic E-state index is 7.13. The lowest BCUT2D eigenvalue weighted by Crippen LogP contribution is -2.55. The van der Waals surface area contributed by atoms with Gasteiger partial charge in [-0.05, 0) is 141 Å². The van der Waals surface area contributed by atoms with Gasteiger partial charge in [-0.1, -0.05) is 55.4 Å². The first kappa shape index (κ1) is 30.3. The molecule has 4 aliphatic carbocycles. The molecule has 0 heterocycles. The van der Waals surface area contributed by atoms with Gasteiger partial charge in [-0.3, -0.25) is 0 Å². The quantitative estimate of drug-likeness (QED) is 0.239. The van der Waals surface area contributed by atoms with Crippen LogP contribution in [-0.4, -0.2) is 28.8 Å². The molecular weight excluding hydrogens is 485 g/mol. The zero-order chi connectivity index (χ0) is 27.1. The topological polar surface area (TPSA) is 18.5 Å². The van der Waals surface area contributed by atoms with Gasteiger partial charge >= 0.3 is 0 Å². The van der Waals surface area contributed by atoms with Crippen LogP contribution in [0.15, 0.2) is 0 Å². The third-order valence-electron chi connectivity index (χ3n) is 14.0. The summed E-state index contributed by atoms with van der Waals surface area (Å²) < 4.78 is 14.2. The van der Waals surface area contributed by atoms with Crippen LogP contribution in [0.2, 0.25) is 36.3 Å². The van der Waals surface area contributed by atoms with Gasteiger partial charge in [0.05, 0.1) is 0 Å². The van der Waals surface area contributed by atoms with Crippen molar-refractivity contribution in [1.82, 2.24) is 0 Å². The van der Waals surface area contributed by atoms with Gasteiger partial charge in [0.25, 0.3) is 0 Å². The summed E-state index contributed by atoms with van der Waals surface area (Å²) >= 11 is 0. The maximum atomic E-state index is 7.13. The second-order valence-corrected chi connectivity index (χ2v) is 24.2. The molecule has 4 fully saturated rings. The van der Waals surface area contributed by atoms with E-state index in [9.17, 15) is 0 Å². The lowest BCUT2D eigenvalue weighted by atomic mass is 9.44. The van der Waals surface area contributed by atoms with Crippen LogP contribution in [0.1, 0.15) is 120 Å². The monoisotopic (exact) mass is 548 g/mol. The van der Waals surface area contributed by atoms with Crippen LogP contribution < -0.4 is 0 Å². The van der Waals surface area contributed by atoms with E-state index in [1.54, 1.807) is 0 Å². The molecule has 0 aromatic heterocycles. The largest absolute Gasteiger partial charge is 0.414 e. The van der Waals surface area contributed by atoms with Gasteiger partial charge in [0.1, 0.15) is 0 Å². The lowest BCUT2D eigenvalue weighted by molar-refractivity contribution is -0.130. The van der Waals surface area contributed by atoms with Crippen LogP contribution in [0.4, 0.5) is 0 Å². The molecule has 216 valence electrons. The Bertz CT molecular complexity index is 732. The van der Waals surface area contributed by atoms with E-state index in [2.05, 4.69) is 62.3 Å². The molecule has 0 aromatic carbocycles. The molecule has 4 saturated carbocycles. The van der Waals surface area contributed by atoms with Crippen molar-refractivity contribution in [3.05, 3.63) is 0 Å². The minimum Gasteiger partial charge on any atom is -0.414 e. The lowest BCUT2D eigenvalue weighted by Gasteiger charge is -2.61. The van der Waals surface area contributed by atoms with Gasteiger partial charge in [-0.25, -0.2) is 0 Å². The fraction of sp³-hybridized carbons (Fsp3) is 1.00. The fourth-order valence-electron chi connectivity index (χ4n) is 11.0. The van der Waals surface area contributed by atoms with Gasteiger partial charge in [0, 0.05) is 12.2 Å². The molecule has 0 amide bonds. The molecule has 4 heteroatoms. The Morgan fingerprint density at radius 3 is 1.84 bits per heavy atom. The Hall–Kier alpha value is 0.354. The van der Waals surface area contributed by atoms with Crippen molar-refractivity contribution in [1.29, 1.82) is 0 Å². The second kappa shape index (κ2) is 11.7. The third-order valence-corrected chi connectivity index (χ3v) is 23.4. The summed E-state index contributed by atoms with van der Waals surface area (Å²) in [5, 5.41) is 0. The highest BCUT2D eigenvalue weighted by molar-refractivity contribution is 6.74. The normalized spacial score (nSPS) is 41.1.